The summed E-state index contributed by atoms with van der Waals surface area (Å²) < 4.78 is 5.07. The first-order valence-corrected chi connectivity index (χ1v) is 9.11. The number of carbonyl (C=O) groups is 1. The number of piperazine rings is 1. The fourth-order valence-electron chi connectivity index (χ4n) is 2.67. The molecule has 0 atom stereocenters. The summed E-state index contributed by atoms with van der Waals surface area (Å²) in [5, 5.41) is 0. The lowest BCUT2D eigenvalue weighted by Crippen LogP contribution is -2.48. The first kappa shape index (κ1) is 17.3. The monoisotopic (exact) mass is 322 g/mol. The zero-order valence-corrected chi connectivity index (χ0v) is 14.4. The summed E-state index contributed by atoms with van der Waals surface area (Å²) in [5.74, 6) is 0.159. The molecule has 1 saturated heterocycles. The highest BCUT2D eigenvalue weighted by molar-refractivity contribution is 7.98. The molecule has 4 nitrogen and oxygen atoms in total. The normalized spacial score (nSPS) is 16.0. The average Bonchev–Trinajstić information content (AvgIpc) is 2.59. The maximum atomic E-state index is 12.5. The topological polar surface area (TPSA) is 32.8 Å². The number of benzene rings is 1. The lowest BCUT2D eigenvalue weighted by Gasteiger charge is -2.34. The zero-order chi connectivity index (χ0) is 15.8. The first-order chi connectivity index (χ1) is 10.7. The molecule has 1 fully saturated rings. The summed E-state index contributed by atoms with van der Waals surface area (Å²) in [6.07, 6.45) is 4.32. The summed E-state index contributed by atoms with van der Waals surface area (Å²) in [6, 6.07) is 7.91. The number of methoxy groups -OCH3 is 1. The third-order valence-electron chi connectivity index (χ3n) is 4.07. The van der Waals surface area contributed by atoms with Crippen molar-refractivity contribution >= 4 is 17.7 Å². The van der Waals surface area contributed by atoms with Gasteiger partial charge < -0.3 is 9.64 Å². The molecule has 22 heavy (non-hydrogen) atoms. The van der Waals surface area contributed by atoms with E-state index in [1.165, 1.54) is 4.90 Å². The zero-order valence-electron chi connectivity index (χ0n) is 13.6. The molecule has 1 aromatic carbocycles. The molecule has 0 unspecified atom stereocenters. The van der Waals surface area contributed by atoms with Gasteiger partial charge in [-0.05, 0) is 49.9 Å². The van der Waals surface area contributed by atoms with Gasteiger partial charge in [0.1, 0.15) is 0 Å². The first-order valence-electron chi connectivity index (χ1n) is 7.89. The highest BCUT2D eigenvalue weighted by Gasteiger charge is 2.21. The lowest BCUT2D eigenvalue weighted by atomic mass is 10.2. The van der Waals surface area contributed by atoms with E-state index in [-0.39, 0.29) is 5.91 Å². The predicted molar refractivity (Wildman–Crippen MR) is 91.7 cm³/mol. The van der Waals surface area contributed by atoms with E-state index >= 15 is 0 Å². The Labute approximate surface area is 137 Å². The molecule has 1 aliphatic heterocycles. The van der Waals surface area contributed by atoms with Crippen LogP contribution in [0.25, 0.3) is 0 Å². The molecule has 0 bridgehead atoms. The second-order valence-electron chi connectivity index (χ2n) is 5.56. The smallest absolute Gasteiger partial charge is 0.253 e. The van der Waals surface area contributed by atoms with Gasteiger partial charge in [0.25, 0.3) is 5.91 Å². The van der Waals surface area contributed by atoms with Gasteiger partial charge >= 0.3 is 0 Å². The van der Waals surface area contributed by atoms with Crippen LogP contribution in [0.1, 0.15) is 23.2 Å². The third kappa shape index (κ3) is 5.00. The van der Waals surface area contributed by atoms with Crippen molar-refractivity contribution in [2.24, 2.45) is 0 Å². The third-order valence-corrected chi connectivity index (χ3v) is 4.81. The molecule has 1 amide bonds. The van der Waals surface area contributed by atoms with E-state index in [4.69, 9.17) is 4.74 Å². The number of carbonyl (C=O) groups excluding carboxylic acids is 1. The number of hydrogen-bond donors (Lipinski definition) is 0. The lowest BCUT2D eigenvalue weighted by molar-refractivity contribution is 0.0632. The minimum atomic E-state index is 0.159. The minimum absolute atomic E-state index is 0.159. The second kappa shape index (κ2) is 9.18. The van der Waals surface area contributed by atoms with Crippen molar-refractivity contribution in [2.45, 2.75) is 17.7 Å². The standard InChI is InChI=1S/C17H26N2O2S/c1-21-14-4-3-9-18-10-12-19(13-11-18)17(20)15-5-7-16(22-2)8-6-15/h5-8H,3-4,9-14H2,1-2H3. The van der Waals surface area contributed by atoms with Gasteiger partial charge in [0.2, 0.25) is 0 Å². The molecule has 1 heterocycles. The molecule has 0 saturated carbocycles. The number of ether oxygens (including phenoxy) is 1. The van der Waals surface area contributed by atoms with Crippen LogP contribution >= 0.6 is 11.8 Å². The summed E-state index contributed by atoms with van der Waals surface area (Å²) in [6.45, 7) is 5.54. The Morgan fingerprint density at radius 3 is 2.41 bits per heavy atom. The molecule has 0 N–H and O–H groups in total. The Balaban J connectivity index is 1.76. The van der Waals surface area contributed by atoms with E-state index in [0.717, 1.165) is 57.7 Å². The molecule has 0 spiro atoms. The molecule has 0 radical (unpaired) electrons. The van der Waals surface area contributed by atoms with Crippen molar-refractivity contribution in [1.82, 2.24) is 9.80 Å². The van der Waals surface area contributed by atoms with Crippen LogP contribution in [0.15, 0.2) is 29.2 Å². The number of unbranched alkanes of at least 4 members (excludes halogenated alkanes) is 1. The van der Waals surface area contributed by atoms with Gasteiger partial charge in [-0.2, -0.15) is 0 Å². The molecule has 0 aromatic heterocycles. The Bertz CT molecular complexity index is 456. The fourth-order valence-corrected chi connectivity index (χ4v) is 3.08. The van der Waals surface area contributed by atoms with Gasteiger partial charge in [0.05, 0.1) is 0 Å². The van der Waals surface area contributed by atoms with Crippen molar-refractivity contribution in [3.05, 3.63) is 29.8 Å². The van der Waals surface area contributed by atoms with Crippen molar-refractivity contribution < 1.29 is 9.53 Å². The number of thioether (sulfide) groups is 1. The summed E-state index contributed by atoms with van der Waals surface area (Å²) in [4.78, 5) is 18.1. The highest BCUT2D eigenvalue weighted by Crippen LogP contribution is 2.16. The average molecular weight is 322 g/mol. The van der Waals surface area contributed by atoms with Crippen LogP contribution in [0.3, 0.4) is 0 Å². The number of nitrogens with zero attached hydrogens (tertiary/aromatic N) is 2. The van der Waals surface area contributed by atoms with Crippen LogP contribution in [-0.4, -0.2) is 68.4 Å². The van der Waals surface area contributed by atoms with Crippen LogP contribution in [0.2, 0.25) is 0 Å². The SMILES string of the molecule is COCCCCN1CCN(C(=O)c2ccc(SC)cc2)CC1. The maximum Gasteiger partial charge on any atom is 0.253 e. The molecule has 2 rings (SSSR count). The van der Waals surface area contributed by atoms with E-state index < -0.39 is 0 Å². The fraction of sp³-hybridized carbons (Fsp3) is 0.588. The highest BCUT2D eigenvalue weighted by atomic mass is 32.2. The van der Waals surface area contributed by atoms with E-state index in [1.54, 1.807) is 18.9 Å². The quantitative estimate of drug-likeness (QED) is 0.571. The van der Waals surface area contributed by atoms with Crippen molar-refractivity contribution in [3.8, 4) is 0 Å². The molecule has 1 aromatic rings. The minimum Gasteiger partial charge on any atom is -0.385 e. The van der Waals surface area contributed by atoms with Crippen LogP contribution in [0.5, 0.6) is 0 Å². The van der Waals surface area contributed by atoms with E-state index in [1.807, 2.05) is 35.4 Å². The molecule has 0 aliphatic carbocycles. The van der Waals surface area contributed by atoms with Crippen LogP contribution in [-0.2, 0) is 4.74 Å². The van der Waals surface area contributed by atoms with Crippen LogP contribution < -0.4 is 0 Å². The summed E-state index contributed by atoms with van der Waals surface area (Å²) >= 11 is 1.70. The van der Waals surface area contributed by atoms with E-state index in [2.05, 4.69) is 4.90 Å². The number of amides is 1. The second-order valence-corrected chi connectivity index (χ2v) is 6.44. The largest absolute Gasteiger partial charge is 0.385 e. The summed E-state index contributed by atoms with van der Waals surface area (Å²) in [7, 11) is 1.75. The molecule has 1 aliphatic rings. The van der Waals surface area contributed by atoms with E-state index in [9.17, 15) is 4.79 Å². The number of hydrogen-bond acceptors (Lipinski definition) is 4. The van der Waals surface area contributed by atoms with Gasteiger partial charge in [-0.3, -0.25) is 9.69 Å². The molecule has 5 heteroatoms. The van der Waals surface area contributed by atoms with Crippen molar-refractivity contribution in [2.75, 3.05) is 52.7 Å². The Morgan fingerprint density at radius 2 is 1.82 bits per heavy atom. The van der Waals surface area contributed by atoms with Gasteiger partial charge in [0, 0.05) is 50.4 Å². The van der Waals surface area contributed by atoms with Gasteiger partial charge in [-0.1, -0.05) is 0 Å². The van der Waals surface area contributed by atoms with Crippen molar-refractivity contribution in [1.29, 1.82) is 0 Å². The van der Waals surface area contributed by atoms with Gasteiger partial charge in [-0.25, -0.2) is 0 Å². The maximum absolute atomic E-state index is 12.5. The summed E-state index contributed by atoms with van der Waals surface area (Å²) in [5.41, 5.74) is 0.798. The van der Waals surface area contributed by atoms with E-state index in [0.29, 0.717) is 0 Å². The number of rotatable bonds is 7. The Morgan fingerprint density at radius 1 is 1.14 bits per heavy atom. The van der Waals surface area contributed by atoms with Gasteiger partial charge in [0.15, 0.2) is 0 Å². The van der Waals surface area contributed by atoms with Gasteiger partial charge in [-0.15, -0.1) is 11.8 Å². The van der Waals surface area contributed by atoms with Crippen molar-refractivity contribution in [3.63, 3.8) is 0 Å². The Kier molecular flexibility index (Phi) is 7.22. The molecular weight excluding hydrogens is 296 g/mol. The Hall–Kier alpha value is -1.04. The predicted octanol–water partition coefficient (Wildman–Crippen LogP) is 2.59. The van der Waals surface area contributed by atoms with Crippen LogP contribution in [0.4, 0.5) is 0 Å². The molecule has 122 valence electrons. The molecular formula is C17H26N2O2S. The van der Waals surface area contributed by atoms with Crippen LogP contribution in [0, 0.1) is 0 Å².